The van der Waals surface area contributed by atoms with Crippen LogP contribution < -0.4 is 11.1 Å². The summed E-state index contributed by atoms with van der Waals surface area (Å²) in [5, 5.41) is 2.51. The number of aromatic nitrogens is 1. The van der Waals surface area contributed by atoms with E-state index in [9.17, 15) is 14.4 Å². The summed E-state index contributed by atoms with van der Waals surface area (Å²) in [6.45, 7) is 4.01. The Hall–Kier alpha value is -1.67. The average molecular weight is 378 g/mol. The molecule has 3 atom stereocenters. The lowest BCUT2D eigenvalue weighted by Crippen LogP contribution is -2.43. The molecule has 25 heavy (non-hydrogen) atoms. The summed E-state index contributed by atoms with van der Waals surface area (Å²) in [6, 6.07) is 3.26. The molecule has 2 saturated heterocycles. The smallest absolute Gasteiger partial charge is 0.407 e. The maximum absolute atomic E-state index is 12.5. The van der Waals surface area contributed by atoms with Gasteiger partial charge in [-0.3, -0.25) is 19.5 Å². The van der Waals surface area contributed by atoms with Crippen LogP contribution in [0.15, 0.2) is 21.3 Å². The van der Waals surface area contributed by atoms with Crippen molar-refractivity contribution in [3.8, 4) is 0 Å². The van der Waals surface area contributed by atoms with Crippen molar-refractivity contribution in [3.63, 3.8) is 0 Å². The number of rotatable bonds is 4. The number of oxazole rings is 1. The zero-order chi connectivity index (χ0) is 17.7. The summed E-state index contributed by atoms with van der Waals surface area (Å²) in [5.74, 6) is -0.127. The molecule has 2 amide bonds. The summed E-state index contributed by atoms with van der Waals surface area (Å²) < 4.78 is 7.61. The molecule has 2 aromatic rings. The number of amides is 2. The summed E-state index contributed by atoms with van der Waals surface area (Å²) in [7, 11) is 0. The second kappa shape index (κ2) is 6.25. The van der Waals surface area contributed by atoms with Crippen molar-refractivity contribution in [1.82, 2.24) is 9.88 Å². The zero-order valence-electron chi connectivity index (χ0n) is 13.9. The molecule has 6 nitrogen and oxygen atoms in total. The highest BCUT2D eigenvalue weighted by Gasteiger charge is 2.33. The van der Waals surface area contributed by atoms with E-state index < -0.39 is 17.7 Å². The Bertz CT molecular complexity index is 929. The van der Waals surface area contributed by atoms with Gasteiger partial charge in [-0.05, 0) is 25.8 Å². The molecule has 1 N–H and O–H groups in total. The Kier molecular flexibility index (Phi) is 4.19. The predicted octanol–water partition coefficient (Wildman–Crippen LogP) is 2.75. The SMILES string of the molecule is Cc1ccc(C(C)SC2CS2)c2oc(=O)n(C3CCC(=O)NC3=O)c12. The summed E-state index contributed by atoms with van der Waals surface area (Å²) >= 11 is 3.77. The van der Waals surface area contributed by atoms with Crippen molar-refractivity contribution in [2.75, 3.05) is 5.75 Å². The normalized spacial score (nSPS) is 24.4. The van der Waals surface area contributed by atoms with E-state index in [4.69, 9.17) is 4.42 Å². The van der Waals surface area contributed by atoms with Crippen molar-refractivity contribution < 1.29 is 14.0 Å². The van der Waals surface area contributed by atoms with E-state index in [1.807, 2.05) is 42.6 Å². The number of hydrogen-bond acceptors (Lipinski definition) is 6. The second-order valence-corrected chi connectivity index (χ2v) is 9.48. The Morgan fingerprint density at radius 2 is 2.12 bits per heavy atom. The third-order valence-electron chi connectivity index (χ3n) is 4.61. The molecule has 2 fully saturated rings. The lowest BCUT2D eigenvalue weighted by Gasteiger charge is -2.22. The molecule has 2 aliphatic rings. The van der Waals surface area contributed by atoms with Crippen LogP contribution in [-0.2, 0) is 9.59 Å². The topological polar surface area (TPSA) is 81.3 Å². The van der Waals surface area contributed by atoms with Crippen LogP contribution in [0.2, 0.25) is 0 Å². The van der Waals surface area contributed by atoms with Crippen molar-refractivity contribution in [1.29, 1.82) is 0 Å². The number of fused-ring (bicyclic) bond motifs is 1. The number of nitrogens with zero attached hydrogens (tertiary/aromatic N) is 1. The molecular weight excluding hydrogens is 360 g/mol. The van der Waals surface area contributed by atoms with Gasteiger partial charge in [-0.25, -0.2) is 4.79 Å². The fraction of sp³-hybridized carbons (Fsp3) is 0.471. The third-order valence-corrected chi connectivity index (χ3v) is 7.33. The fourth-order valence-electron chi connectivity index (χ4n) is 3.27. The fourth-order valence-corrected chi connectivity index (χ4v) is 5.50. The molecule has 3 heterocycles. The highest BCUT2D eigenvalue weighted by molar-refractivity contribution is 8.23. The van der Waals surface area contributed by atoms with E-state index in [0.29, 0.717) is 22.1 Å². The molecule has 4 rings (SSSR count). The van der Waals surface area contributed by atoms with E-state index in [-0.39, 0.29) is 17.6 Å². The average Bonchev–Trinajstić information content (AvgIpc) is 3.29. The molecule has 2 aliphatic heterocycles. The summed E-state index contributed by atoms with van der Waals surface area (Å²) in [4.78, 5) is 36.2. The van der Waals surface area contributed by atoms with Gasteiger partial charge >= 0.3 is 5.76 Å². The first kappa shape index (κ1) is 16.8. The Balaban J connectivity index is 1.82. The quantitative estimate of drug-likeness (QED) is 0.651. The highest BCUT2D eigenvalue weighted by Crippen LogP contribution is 2.48. The molecule has 8 heteroatoms. The molecule has 0 spiro atoms. The van der Waals surface area contributed by atoms with Crippen LogP contribution in [0.4, 0.5) is 0 Å². The number of imide groups is 1. The van der Waals surface area contributed by atoms with Crippen LogP contribution in [0, 0.1) is 6.92 Å². The Labute approximate surface area is 152 Å². The first-order chi connectivity index (χ1) is 12.0. The number of nitrogens with one attached hydrogen (secondary N) is 1. The molecule has 0 aliphatic carbocycles. The van der Waals surface area contributed by atoms with Crippen molar-refractivity contribution in [2.45, 2.75) is 42.6 Å². The summed E-state index contributed by atoms with van der Waals surface area (Å²) in [6.07, 6.45) is 0.533. The lowest BCUT2D eigenvalue weighted by atomic mass is 10.0. The molecule has 1 aromatic heterocycles. The first-order valence-electron chi connectivity index (χ1n) is 8.21. The van der Waals surface area contributed by atoms with Gasteiger partial charge in [0.05, 0.1) is 10.1 Å². The zero-order valence-corrected chi connectivity index (χ0v) is 15.5. The minimum atomic E-state index is -0.706. The lowest BCUT2D eigenvalue weighted by molar-refractivity contribution is -0.135. The number of piperidine rings is 1. The van der Waals surface area contributed by atoms with Crippen LogP contribution in [0.3, 0.4) is 0 Å². The van der Waals surface area contributed by atoms with Gasteiger partial charge in [0.15, 0.2) is 5.58 Å². The maximum Gasteiger partial charge on any atom is 0.420 e. The number of aryl methyl sites for hydroxylation is 1. The standard InChI is InChI=1S/C17H18N2O4S2/c1-8-3-4-10(9(2)25-13-7-24-13)15-14(8)19(17(22)23-15)11-5-6-12(20)18-16(11)21/h3-4,9,11,13H,5-7H2,1-2H3,(H,18,20,21). The summed E-state index contributed by atoms with van der Waals surface area (Å²) in [5.41, 5.74) is 3.07. The maximum atomic E-state index is 12.5. The van der Waals surface area contributed by atoms with Gasteiger partial charge < -0.3 is 4.42 Å². The molecule has 0 radical (unpaired) electrons. The molecule has 0 bridgehead atoms. The number of carbonyl (C=O) groups is 2. The van der Waals surface area contributed by atoms with Gasteiger partial charge in [0.25, 0.3) is 0 Å². The molecule has 0 saturated carbocycles. The number of carbonyl (C=O) groups excluding carboxylic acids is 2. The van der Waals surface area contributed by atoms with E-state index in [0.717, 1.165) is 16.9 Å². The van der Waals surface area contributed by atoms with E-state index in [2.05, 4.69) is 12.2 Å². The molecule has 3 unspecified atom stereocenters. The number of benzene rings is 1. The van der Waals surface area contributed by atoms with Gasteiger partial charge in [-0.2, -0.15) is 0 Å². The van der Waals surface area contributed by atoms with Crippen LogP contribution >= 0.6 is 23.5 Å². The largest absolute Gasteiger partial charge is 0.420 e. The van der Waals surface area contributed by atoms with Crippen LogP contribution in [0.25, 0.3) is 11.1 Å². The van der Waals surface area contributed by atoms with Crippen LogP contribution in [0.5, 0.6) is 0 Å². The van der Waals surface area contributed by atoms with Crippen molar-refractivity contribution in [3.05, 3.63) is 33.8 Å². The minimum Gasteiger partial charge on any atom is -0.407 e. The third kappa shape index (κ3) is 3.01. The predicted molar refractivity (Wildman–Crippen MR) is 98.9 cm³/mol. The molecule has 1 aromatic carbocycles. The minimum absolute atomic E-state index is 0.198. The van der Waals surface area contributed by atoms with Gasteiger partial charge in [-0.15, -0.1) is 23.5 Å². The van der Waals surface area contributed by atoms with Gasteiger partial charge in [0.1, 0.15) is 6.04 Å². The van der Waals surface area contributed by atoms with E-state index >= 15 is 0 Å². The highest BCUT2D eigenvalue weighted by atomic mass is 32.2. The van der Waals surface area contributed by atoms with E-state index in [1.165, 1.54) is 4.57 Å². The Morgan fingerprint density at radius 1 is 1.36 bits per heavy atom. The van der Waals surface area contributed by atoms with E-state index in [1.54, 1.807) is 0 Å². The van der Waals surface area contributed by atoms with Gasteiger partial charge in [-0.1, -0.05) is 12.1 Å². The van der Waals surface area contributed by atoms with Crippen LogP contribution in [-0.4, -0.2) is 26.7 Å². The van der Waals surface area contributed by atoms with Crippen LogP contribution in [0.1, 0.15) is 42.2 Å². The molecule has 132 valence electrons. The Morgan fingerprint density at radius 3 is 2.80 bits per heavy atom. The van der Waals surface area contributed by atoms with Crippen molar-refractivity contribution >= 4 is 46.4 Å². The molecular formula is C17H18N2O4S2. The first-order valence-corrected chi connectivity index (χ1v) is 10.2. The van der Waals surface area contributed by atoms with Crippen molar-refractivity contribution in [2.24, 2.45) is 0 Å². The monoisotopic (exact) mass is 378 g/mol. The van der Waals surface area contributed by atoms with Gasteiger partial charge in [0, 0.05) is 23.0 Å². The second-order valence-electron chi connectivity index (χ2n) is 6.40. The number of thioether (sulfide) groups is 2. The number of hydrogen-bond donors (Lipinski definition) is 1. The van der Waals surface area contributed by atoms with Gasteiger partial charge in [0.2, 0.25) is 11.8 Å².